The fraction of sp³-hybridized carbons (Fsp3) is 0.529. The van der Waals surface area contributed by atoms with Crippen LogP contribution in [0.15, 0.2) is 41.0 Å². The van der Waals surface area contributed by atoms with Crippen molar-refractivity contribution < 1.29 is 0 Å². The molecule has 1 N–H and O–H groups in total. The highest BCUT2D eigenvalue weighted by Gasteiger charge is 2.20. The molecule has 1 saturated heterocycles. The molecule has 0 radical (unpaired) electrons. The van der Waals surface area contributed by atoms with Gasteiger partial charge in [-0.05, 0) is 29.5 Å². The van der Waals surface area contributed by atoms with Crippen LogP contribution in [0, 0.1) is 5.92 Å². The molecule has 1 atom stereocenters. The van der Waals surface area contributed by atoms with Crippen LogP contribution in [-0.4, -0.2) is 60.4 Å². The lowest BCUT2D eigenvalue weighted by Crippen LogP contribution is -2.53. The van der Waals surface area contributed by atoms with E-state index in [1.165, 1.54) is 5.00 Å². The molecule has 0 bridgehead atoms. The predicted octanol–water partition coefficient (Wildman–Crippen LogP) is 1.98. The number of guanidine groups is 1. The standard InChI is InChI=1S/C17H26N6S/c1-15(14-23-7-4-6-20-23)13-19-17(18-2)22-10-8-21(9-11-22)16-5-3-12-24-16/h3-7,12,15H,8-11,13-14H2,1-2H3,(H,18,19). The summed E-state index contributed by atoms with van der Waals surface area (Å²) in [6.07, 6.45) is 3.83. The molecule has 2 aromatic rings. The van der Waals surface area contributed by atoms with Crippen molar-refractivity contribution in [2.75, 3.05) is 44.7 Å². The second-order valence-corrected chi connectivity index (χ2v) is 7.11. The Bertz CT molecular complexity index is 614. The minimum atomic E-state index is 0.494. The van der Waals surface area contributed by atoms with Crippen LogP contribution in [-0.2, 0) is 6.54 Å². The third kappa shape index (κ3) is 4.29. The fourth-order valence-corrected chi connectivity index (χ4v) is 3.76. The van der Waals surface area contributed by atoms with Gasteiger partial charge in [-0.25, -0.2) is 0 Å². The molecule has 130 valence electrons. The maximum absolute atomic E-state index is 4.46. The van der Waals surface area contributed by atoms with Crippen LogP contribution in [0.2, 0.25) is 0 Å². The SMILES string of the molecule is CN=C(NCC(C)Cn1cccn1)N1CCN(c2cccs2)CC1. The van der Waals surface area contributed by atoms with Gasteiger partial charge in [0.05, 0.1) is 5.00 Å². The highest BCUT2D eigenvalue weighted by Crippen LogP contribution is 2.22. The summed E-state index contributed by atoms with van der Waals surface area (Å²) < 4.78 is 1.98. The van der Waals surface area contributed by atoms with Crippen LogP contribution >= 0.6 is 11.3 Å². The molecule has 0 amide bonds. The third-order valence-electron chi connectivity index (χ3n) is 4.28. The number of nitrogens with zero attached hydrogens (tertiary/aromatic N) is 5. The van der Waals surface area contributed by atoms with E-state index in [0.717, 1.165) is 45.2 Å². The van der Waals surface area contributed by atoms with Crippen molar-refractivity contribution >= 4 is 22.3 Å². The van der Waals surface area contributed by atoms with Crippen LogP contribution in [0.3, 0.4) is 0 Å². The first-order chi connectivity index (χ1) is 11.8. The van der Waals surface area contributed by atoms with Gasteiger partial charge >= 0.3 is 0 Å². The third-order valence-corrected chi connectivity index (χ3v) is 5.20. The molecule has 1 aliphatic heterocycles. The Morgan fingerprint density at radius 2 is 2.17 bits per heavy atom. The number of nitrogens with one attached hydrogen (secondary N) is 1. The lowest BCUT2D eigenvalue weighted by molar-refractivity contribution is 0.365. The van der Waals surface area contributed by atoms with Gasteiger partial charge in [-0.2, -0.15) is 5.10 Å². The maximum atomic E-state index is 4.46. The first-order valence-corrected chi connectivity index (χ1v) is 9.35. The maximum Gasteiger partial charge on any atom is 0.193 e. The molecule has 24 heavy (non-hydrogen) atoms. The Morgan fingerprint density at radius 3 is 2.79 bits per heavy atom. The highest BCUT2D eigenvalue weighted by molar-refractivity contribution is 7.14. The van der Waals surface area contributed by atoms with Crippen molar-refractivity contribution in [3.8, 4) is 0 Å². The van der Waals surface area contributed by atoms with E-state index >= 15 is 0 Å². The summed E-state index contributed by atoms with van der Waals surface area (Å²) in [6, 6.07) is 6.28. The molecule has 3 heterocycles. The largest absolute Gasteiger partial charge is 0.360 e. The molecule has 1 aliphatic rings. The first-order valence-electron chi connectivity index (χ1n) is 8.47. The zero-order valence-corrected chi connectivity index (χ0v) is 15.2. The van der Waals surface area contributed by atoms with Crippen LogP contribution in [0.5, 0.6) is 0 Å². The molecule has 1 unspecified atom stereocenters. The quantitative estimate of drug-likeness (QED) is 0.664. The summed E-state index contributed by atoms with van der Waals surface area (Å²) in [5.41, 5.74) is 0. The van der Waals surface area contributed by atoms with Crippen LogP contribution in [0.25, 0.3) is 0 Å². The summed E-state index contributed by atoms with van der Waals surface area (Å²) >= 11 is 1.81. The Balaban J connectivity index is 1.45. The molecular weight excluding hydrogens is 320 g/mol. The van der Waals surface area contributed by atoms with Crippen molar-refractivity contribution in [1.29, 1.82) is 0 Å². The van der Waals surface area contributed by atoms with Gasteiger partial charge in [-0.1, -0.05) is 6.92 Å². The summed E-state index contributed by atoms with van der Waals surface area (Å²) in [6.45, 7) is 8.15. The van der Waals surface area contributed by atoms with Crippen LogP contribution in [0.4, 0.5) is 5.00 Å². The van der Waals surface area contributed by atoms with E-state index in [0.29, 0.717) is 5.92 Å². The van der Waals surface area contributed by atoms with Crippen LogP contribution < -0.4 is 10.2 Å². The molecule has 0 aliphatic carbocycles. The molecule has 0 aromatic carbocycles. The average molecular weight is 347 g/mol. The lowest BCUT2D eigenvalue weighted by Gasteiger charge is -2.37. The summed E-state index contributed by atoms with van der Waals surface area (Å²) in [7, 11) is 1.87. The van der Waals surface area contributed by atoms with E-state index in [1.54, 1.807) is 0 Å². The Labute approximate surface area is 147 Å². The number of rotatable bonds is 5. The van der Waals surface area contributed by atoms with Gasteiger partial charge in [-0.3, -0.25) is 9.67 Å². The zero-order valence-electron chi connectivity index (χ0n) is 14.4. The fourth-order valence-electron chi connectivity index (χ4n) is 2.98. The van der Waals surface area contributed by atoms with E-state index in [1.807, 2.05) is 41.5 Å². The number of anilines is 1. The predicted molar refractivity (Wildman–Crippen MR) is 101 cm³/mol. The summed E-state index contributed by atoms with van der Waals surface area (Å²) in [4.78, 5) is 9.27. The van der Waals surface area contributed by atoms with Crippen molar-refractivity contribution in [1.82, 2.24) is 20.0 Å². The molecule has 6 nitrogen and oxygen atoms in total. The van der Waals surface area contributed by atoms with Gasteiger partial charge in [0, 0.05) is 58.7 Å². The second-order valence-electron chi connectivity index (χ2n) is 6.19. The highest BCUT2D eigenvalue weighted by atomic mass is 32.1. The van der Waals surface area contributed by atoms with E-state index in [-0.39, 0.29) is 0 Å². The molecule has 0 saturated carbocycles. The van der Waals surface area contributed by atoms with Gasteiger partial charge in [0.2, 0.25) is 0 Å². The normalized spacial score (nSPS) is 17.2. The minimum absolute atomic E-state index is 0.494. The molecule has 1 fully saturated rings. The van der Waals surface area contributed by atoms with E-state index < -0.39 is 0 Å². The van der Waals surface area contributed by atoms with Gasteiger partial charge < -0.3 is 15.1 Å². The number of hydrogen-bond acceptors (Lipinski definition) is 4. The van der Waals surface area contributed by atoms with E-state index in [9.17, 15) is 0 Å². The lowest BCUT2D eigenvalue weighted by atomic mass is 10.2. The van der Waals surface area contributed by atoms with Gasteiger partial charge in [0.25, 0.3) is 0 Å². The van der Waals surface area contributed by atoms with E-state index in [2.05, 4.69) is 49.6 Å². The van der Waals surface area contributed by atoms with Crippen molar-refractivity contribution in [2.45, 2.75) is 13.5 Å². The zero-order chi connectivity index (χ0) is 16.8. The molecule has 0 spiro atoms. The summed E-state index contributed by atoms with van der Waals surface area (Å²) in [5.74, 6) is 1.50. The molecule has 7 heteroatoms. The smallest absolute Gasteiger partial charge is 0.193 e. The average Bonchev–Trinajstić information content (AvgIpc) is 3.29. The number of aliphatic imine (C=N–C) groups is 1. The number of hydrogen-bond donors (Lipinski definition) is 1. The van der Waals surface area contributed by atoms with Gasteiger partial charge in [0.1, 0.15) is 0 Å². The number of thiophene rings is 1. The van der Waals surface area contributed by atoms with Crippen molar-refractivity contribution in [2.24, 2.45) is 10.9 Å². The summed E-state index contributed by atoms with van der Waals surface area (Å²) in [5, 5.41) is 11.3. The monoisotopic (exact) mass is 346 g/mol. The van der Waals surface area contributed by atoms with Crippen molar-refractivity contribution in [3.05, 3.63) is 36.0 Å². The van der Waals surface area contributed by atoms with Crippen LogP contribution in [0.1, 0.15) is 6.92 Å². The Kier molecular flexibility index (Phi) is 5.74. The van der Waals surface area contributed by atoms with Crippen molar-refractivity contribution in [3.63, 3.8) is 0 Å². The first kappa shape index (κ1) is 16.8. The van der Waals surface area contributed by atoms with E-state index in [4.69, 9.17) is 0 Å². The van der Waals surface area contributed by atoms with Gasteiger partial charge in [0.15, 0.2) is 5.96 Å². The second kappa shape index (κ2) is 8.19. The molecule has 3 rings (SSSR count). The Morgan fingerprint density at radius 1 is 1.33 bits per heavy atom. The Hall–Kier alpha value is -2.02. The topological polar surface area (TPSA) is 48.7 Å². The molecular formula is C17H26N6S. The number of aromatic nitrogens is 2. The molecule has 2 aromatic heterocycles. The van der Waals surface area contributed by atoms with Gasteiger partial charge in [-0.15, -0.1) is 11.3 Å². The minimum Gasteiger partial charge on any atom is -0.360 e. The number of piperazine rings is 1.